The van der Waals surface area contributed by atoms with E-state index in [0.717, 1.165) is 117 Å². The van der Waals surface area contributed by atoms with Crippen LogP contribution in [0.1, 0.15) is 185 Å². The fraction of sp³-hybridized carbons (Fsp3) is 0.299. The number of ether oxygens (including phenoxy) is 4. The zero-order chi connectivity index (χ0) is 102. The third kappa shape index (κ3) is 39.1. The molecule has 0 radical (unpaired) electrons. The number of rotatable bonds is 20. The number of hydrogen-bond acceptors (Lipinski definition) is 16. The number of nitrogens with two attached hydrogens (primary N) is 1. The van der Waals surface area contributed by atoms with Crippen molar-refractivity contribution in [3.05, 3.63) is 341 Å². The number of amides is 3. The predicted octanol–water partition coefficient (Wildman–Crippen LogP) is 23.3. The van der Waals surface area contributed by atoms with Crippen LogP contribution in [0.3, 0.4) is 0 Å². The van der Waals surface area contributed by atoms with E-state index in [-0.39, 0.29) is 145 Å². The van der Waals surface area contributed by atoms with Crippen LogP contribution in [0, 0.1) is 81.4 Å². The minimum atomic E-state index is -1.06. The van der Waals surface area contributed by atoms with E-state index in [1.54, 1.807) is 69.3 Å². The number of benzene rings is 9. The highest BCUT2D eigenvalue weighted by Gasteiger charge is 2.34. The second-order valence-electron chi connectivity index (χ2n) is 34.9. The van der Waals surface area contributed by atoms with Crippen LogP contribution in [-0.4, -0.2) is 152 Å². The SMILES string of the molecule is C.C.CC(C)(C)OC(=O)NC1C/C(=C\c2ccc(F)c(F)c2)C(=O)/C(=C/c2ccc(F)c(F)c2)C1.CC(C)(C)OC(=O)NC1CCC(=O)CC1.CN(C)CCOc1ccc(C(=O)Cl)cc1.CN(C)CCOc1ccc(C(=O)NC2C/C(=C\c3ccc(F)c(F)c3)C(=O)/C(=C/c3ccc(F)c(F)c3)C2)cc1.NC1C/C(=C\c2ccc(F)c(F)c2)C(=O)/C(=C/c2ccc(F)c(F)c2)C1.O=Cc1ccc(F)c(F)c1. The summed E-state index contributed by atoms with van der Waals surface area (Å²) < 4.78 is 207. The van der Waals surface area contributed by atoms with Gasteiger partial charge in [-0.2, -0.15) is 0 Å². The van der Waals surface area contributed by atoms with Gasteiger partial charge >= 0.3 is 12.2 Å². The fourth-order valence-electron chi connectivity index (χ4n) is 13.8. The zero-order valence-electron chi connectivity index (χ0n) is 77.4. The van der Waals surface area contributed by atoms with Gasteiger partial charge < -0.3 is 50.4 Å². The number of halogens is 15. The molecule has 4 fully saturated rings. The molecule has 5 N–H and O–H groups in total. The quantitative estimate of drug-likeness (QED) is 0.0239. The highest BCUT2D eigenvalue weighted by atomic mass is 35.5. The number of nitrogens with zero attached hydrogens (tertiary/aromatic N) is 2. The molecule has 0 atom stereocenters. The summed E-state index contributed by atoms with van der Waals surface area (Å²) in [4.78, 5) is 111. The number of ketones is 4. The van der Waals surface area contributed by atoms with Gasteiger partial charge in [-0.1, -0.05) is 51.3 Å². The third-order valence-corrected chi connectivity index (χ3v) is 20.7. The normalized spacial score (nSPS) is 17.0. The molecule has 4 aliphatic carbocycles. The van der Waals surface area contributed by atoms with Crippen molar-refractivity contribution >= 4 is 101 Å². The van der Waals surface area contributed by atoms with Crippen molar-refractivity contribution in [1.82, 2.24) is 25.8 Å². The van der Waals surface area contributed by atoms with Gasteiger partial charge in [-0.3, -0.25) is 33.6 Å². The number of hydrogen-bond donors (Lipinski definition) is 4. The molecule has 0 saturated heterocycles. The van der Waals surface area contributed by atoms with Crippen molar-refractivity contribution in [2.24, 2.45) is 5.73 Å². The van der Waals surface area contributed by atoms with Gasteiger partial charge in [0.2, 0.25) is 0 Å². The predicted molar refractivity (Wildman–Crippen MR) is 514 cm³/mol. The van der Waals surface area contributed by atoms with Crippen LogP contribution in [0.25, 0.3) is 36.5 Å². The fourth-order valence-corrected chi connectivity index (χ4v) is 13.9. The van der Waals surface area contributed by atoms with Crippen molar-refractivity contribution < 1.29 is 124 Å². The van der Waals surface area contributed by atoms with Crippen molar-refractivity contribution in [3.63, 3.8) is 0 Å². The molecular weight excluding hydrogens is 1880 g/mol. The van der Waals surface area contributed by atoms with Gasteiger partial charge in [0.05, 0.1) is 0 Å². The Kier molecular flexibility index (Phi) is 45.0. The molecule has 9 aromatic carbocycles. The molecule has 0 unspecified atom stereocenters. The molecule has 3 amide bonds. The lowest BCUT2D eigenvalue weighted by Crippen LogP contribution is -2.42. The van der Waals surface area contributed by atoms with Gasteiger partial charge in [0.25, 0.3) is 11.1 Å². The second-order valence-corrected chi connectivity index (χ2v) is 35.3. The molecule has 19 nitrogen and oxygen atoms in total. The molecule has 0 heterocycles. The van der Waals surface area contributed by atoms with E-state index in [1.165, 1.54) is 78.9 Å². The number of nitrogens with one attached hydrogen (secondary N) is 3. The van der Waals surface area contributed by atoms with E-state index in [0.29, 0.717) is 71.5 Å². The first-order valence-corrected chi connectivity index (χ1v) is 43.9. The lowest BCUT2D eigenvalue weighted by molar-refractivity contribution is -0.120. The van der Waals surface area contributed by atoms with E-state index in [2.05, 4.69) is 16.0 Å². The number of Topliss-reactive ketones (excluding diaryl/α,β-unsaturated/α-hetero) is 4. The monoisotopic (exact) mass is 1990 g/mol. The molecular formula is C107H111ClF14N6O13. The summed E-state index contributed by atoms with van der Waals surface area (Å²) in [6.45, 7) is 13.3. The molecule has 0 aliphatic heterocycles. The molecule has 34 heteroatoms. The van der Waals surface area contributed by atoms with Crippen molar-refractivity contribution in [3.8, 4) is 11.5 Å². The van der Waals surface area contributed by atoms with E-state index in [1.807, 2.05) is 58.8 Å². The van der Waals surface area contributed by atoms with E-state index in [4.69, 9.17) is 36.3 Å². The van der Waals surface area contributed by atoms with Crippen LogP contribution in [0.5, 0.6) is 11.5 Å². The van der Waals surface area contributed by atoms with Gasteiger partial charge in [-0.15, -0.1) is 0 Å². The number of carbonyl (C=O) groups is 9. The molecule has 13 rings (SSSR count). The average Bonchev–Trinajstić information content (AvgIpc) is 0.818. The smallest absolute Gasteiger partial charge is 0.407 e. The Morgan fingerprint density at radius 1 is 0.362 bits per heavy atom. The van der Waals surface area contributed by atoms with Crippen molar-refractivity contribution in [2.45, 2.75) is 156 Å². The topological polar surface area (TPSA) is 259 Å². The molecule has 0 aromatic heterocycles. The number of aldehydes is 1. The molecule has 9 aromatic rings. The first-order chi connectivity index (χ1) is 65.5. The minimum absolute atomic E-state index is 0. The zero-order valence-corrected chi connectivity index (χ0v) is 78.2. The maximum atomic E-state index is 13.8. The molecule has 4 aliphatic rings. The molecule has 752 valence electrons. The van der Waals surface area contributed by atoms with Crippen LogP contribution >= 0.6 is 11.6 Å². The summed E-state index contributed by atoms with van der Waals surface area (Å²) in [5.74, 6) is -14.0. The Morgan fingerprint density at radius 2 is 0.610 bits per heavy atom. The van der Waals surface area contributed by atoms with Gasteiger partial charge in [0.1, 0.15) is 48.0 Å². The van der Waals surface area contributed by atoms with E-state index >= 15 is 0 Å². The molecule has 141 heavy (non-hydrogen) atoms. The summed E-state index contributed by atoms with van der Waals surface area (Å²) in [5.41, 5.74) is 9.23. The Bertz CT molecular complexity index is 5900. The van der Waals surface area contributed by atoms with Gasteiger partial charge in [-0.05, 0) is 342 Å². The lowest BCUT2D eigenvalue weighted by Gasteiger charge is -2.28. The van der Waals surface area contributed by atoms with E-state index in [9.17, 15) is 105 Å². The van der Waals surface area contributed by atoms with E-state index < -0.39 is 122 Å². The lowest BCUT2D eigenvalue weighted by atomic mass is 9.83. The first kappa shape index (κ1) is 116. The minimum Gasteiger partial charge on any atom is -0.492 e. The largest absolute Gasteiger partial charge is 0.492 e. The van der Waals surface area contributed by atoms with Crippen LogP contribution in [0.2, 0.25) is 0 Å². The summed E-state index contributed by atoms with van der Waals surface area (Å²) in [6, 6.07) is 34.7. The summed E-state index contributed by atoms with van der Waals surface area (Å²) in [6.07, 6.45) is 11.7. The summed E-state index contributed by atoms with van der Waals surface area (Å²) in [7, 11) is 7.84. The maximum Gasteiger partial charge on any atom is 0.407 e. The van der Waals surface area contributed by atoms with Gasteiger partial charge in [0, 0.05) is 100 Å². The molecule has 0 spiro atoms. The standard InChI is InChI=1S/C31H28F4N2O3.C25H23F4NO3.C20H15F4NO.C11H14ClNO2.C11H19NO3.C7H4F2O.2CH4/c1-37(2)11-12-40-25-7-5-21(6-8-25)31(39)36-24-17-22(13-19-3-9-26(32)28(34)15-19)30(38)23(18-24)14-20-4-10-27(33)29(35)16-20;1-25(2,3)33-24(32)30-18-12-16(8-14-4-6-19(26)21(28)10-14)23(31)17(13-18)9-15-5-7-20(27)22(29)11-15;21-16-3-1-11(7-18(16)23)5-13-9-15(25)10-14(20(13)26)6-12-2-4-17(22)19(24)8-12;1-13(2)7-8-15-10-5-3-9(4-6-10)11(12)14;1-11(2,3)15-10(14)12-8-4-6-9(13)7-5-8;8-6-2-1-5(4-10)3-7(6)9;;/h3-10,13-16,24H,11-12,17-18H2,1-2H3,(H,36,39);4-11,18H,12-13H2,1-3H3,(H,30,32);1-8,15H,9-10,25H2;3-6H,7-8H2,1-2H3;8H,4-7H2,1-3H3,(H,12,14);1-4H;2*1H4/b22-13+,23-14+;16-8+,17-9+;13-5+,14-6+;;;;;. The first-order valence-electron chi connectivity index (χ1n) is 43.5. The average molecular weight is 1990 g/mol. The highest BCUT2D eigenvalue weighted by molar-refractivity contribution is 6.67. The second kappa shape index (κ2) is 54.7. The highest BCUT2D eigenvalue weighted by Crippen LogP contribution is 2.35. The maximum absolute atomic E-state index is 13.8. The Balaban J connectivity index is 0.000000273. The summed E-state index contributed by atoms with van der Waals surface area (Å²) >= 11 is 5.32. The Morgan fingerprint density at radius 3 is 0.865 bits per heavy atom. The van der Waals surface area contributed by atoms with Gasteiger partial charge in [-0.25, -0.2) is 71.1 Å². The van der Waals surface area contributed by atoms with Crippen LogP contribution in [0.4, 0.5) is 71.1 Å². The Labute approximate surface area is 814 Å². The number of alkyl carbamates (subject to hydrolysis) is 2. The number of carbonyl (C=O) groups excluding carboxylic acids is 9. The van der Waals surface area contributed by atoms with Crippen LogP contribution in [-0.2, 0) is 28.7 Å². The Hall–Kier alpha value is -13.8. The molecule has 4 saturated carbocycles. The third-order valence-electron chi connectivity index (χ3n) is 20.5. The number of likely N-dealkylation sites (N-methyl/N-ethyl adjacent to an activating group) is 2. The van der Waals surface area contributed by atoms with Gasteiger partial charge in [0.15, 0.2) is 98.8 Å². The summed E-state index contributed by atoms with van der Waals surface area (Å²) in [5, 5.41) is 7.96. The van der Waals surface area contributed by atoms with Crippen LogP contribution < -0.4 is 31.2 Å². The van der Waals surface area contributed by atoms with Crippen molar-refractivity contribution in [1.29, 1.82) is 0 Å². The van der Waals surface area contributed by atoms with Crippen molar-refractivity contribution in [2.75, 3.05) is 54.5 Å². The van der Waals surface area contributed by atoms with Crippen LogP contribution in [0.15, 0.2) is 209 Å². The molecule has 0 bridgehead atoms.